The summed E-state index contributed by atoms with van der Waals surface area (Å²) in [6, 6.07) is 27.3. The van der Waals surface area contributed by atoms with Gasteiger partial charge in [0.15, 0.2) is 11.6 Å². The zero-order valence-corrected chi connectivity index (χ0v) is 23.8. The quantitative estimate of drug-likeness (QED) is 0.272. The third-order valence-electron chi connectivity index (χ3n) is 8.94. The van der Waals surface area contributed by atoms with Gasteiger partial charge in [-0.2, -0.15) is 0 Å². The number of hydrogen-bond donors (Lipinski definition) is 1. The van der Waals surface area contributed by atoms with E-state index in [9.17, 15) is 14.4 Å². The number of benzene rings is 4. The van der Waals surface area contributed by atoms with Crippen molar-refractivity contribution in [3.8, 4) is 5.75 Å². The van der Waals surface area contributed by atoms with Gasteiger partial charge >= 0.3 is 0 Å². The molecular weight excluding hydrogens is 548 g/mol. The maximum Gasteiger partial charge on any atom is 0.238 e. The standard InChI is InChI=1S/C35H27ClN2O4/c1-20-19-29-35(26-8-4-5-9-27(26)37-34(35)41)30(32(39)21-13-17-24(42-2)18-14-21)31(33(40)22-11-15-23(36)16-12-22)38(29)28-10-6-3-7-25(20)28/h3-19,29-31H,1-2H3,(H,37,41). The van der Waals surface area contributed by atoms with E-state index >= 15 is 0 Å². The first-order valence-corrected chi connectivity index (χ1v) is 14.2. The molecule has 3 aliphatic heterocycles. The number of anilines is 2. The zero-order chi connectivity index (χ0) is 29.2. The Morgan fingerprint density at radius 1 is 0.857 bits per heavy atom. The van der Waals surface area contributed by atoms with Crippen molar-refractivity contribution in [1.29, 1.82) is 0 Å². The van der Waals surface area contributed by atoms with Gasteiger partial charge in [0, 0.05) is 33.1 Å². The van der Waals surface area contributed by atoms with Crippen LogP contribution in [0.15, 0.2) is 103 Å². The second-order valence-corrected chi connectivity index (χ2v) is 11.4. The number of methoxy groups -OCH3 is 1. The largest absolute Gasteiger partial charge is 0.497 e. The lowest BCUT2D eigenvalue weighted by molar-refractivity contribution is -0.121. The minimum Gasteiger partial charge on any atom is -0.497 e. The molecule has 0 bridgehead atoms. The second kappa shape index (κ2) is 9.71. The maximum atomic E-state index is 14.9. The van der Waals surface area contributed by atoms with Gasteiger partial charge in [0.05, 0.1) is 19.1 Å². The molecule has 4 atom stereocenters. The SMILES string of the molecule is COc1ccc(C(=O)C2C(C(=O)c3ccc(Cl)cc3)N3c4ccccc4C(C)=CC3C23C(=O)Nc2ccccc23)cc1. The highest BCUT2D eigenvalue weighted by Gasteiger charge is 2.70. The topological polar surface area (TPSA) is 75.7 Å². The van der Waals surface area contributed by atoms with Gasteiger partial charge in [-0.25, -0.2) is 0 Å². The molecule has 0 saturated carbocycles. The van der Waals surface area contributed by atoms with Gasteiger partial charge in [-0.1, -0.05) is 54.1 Å². The Morgan fingerprint density at radius 2 is 1.50 bits per heavy atom. The number of carbonyl (C=O) groups excluding carboxylic acids is 3. The molecule has 3 aliphatic rings. The molecule has 6 nitrogen and oxygen atoms in total. The molecule has 0 aliphatic carbocycles. The number of para-hydroxylation sites is 2. The van der Waals surface area contributed by atoms with Crippen LogP contribution in [0.3, 0.4) is 0 Å². The molecule has 0 radical (unpaired) electrons. The Morgan fingerprint density at radius 3 is 2.24 bits per heavy atom. The van der Waals surface area contributed by atoms with Crippen molar-refractivity contribution in [2.24, 2.45) is 5.92 Å². The van der Waals surface area contributed by atoms with Gasteiger partial charge in [-0.05, 0) is 78.7 Å². The van der Waals surface area contributed by atoms with E-state index in [0.29, 0.717) is 33.1 Å². The Labute approximate surface area is 248 Å². The van der Waals surface area contributed by atoms with Crippen LogP contribution in [-0.2, 0) is 10.2 Å². The summed E-state index contributed by atoms with van der Waals surface area (Å²) in [6.45, 7) is 2.01. The van der Waals surface area contributed by atoms with E-state index in [0.717, 1.165) is 16.8 Å². The molecule has 3 heterocycles. The van der Waals surface area contributed by atoms with Gasteiger partial charge < -0.3 is 15.0 Å². The second-order valence-electron chi connectivity index (χ2n) is 11.0. The molecule has 4 aromatic rings. The summed E-state index contributed by atoms with van der Waals surface area (Å²) in [5.41, 5.74) is 3.58. The molecule has 7 heteroatoms. The van der Waals surface area contributed by atoms with Gasteiger partial charge in [0.1, 0.15) is 17.2 Å². The summed E-state index contributed by atoms with van der Waals surface area (Å²) >= 11 is 6.18. The summed E-state index contributed by atoms with van der Waals surface area (Å²) in [6.07, 6.45) is 2.05. The lowest BCUT2D eigenvalue weighted by Gasteiger charge is -2.39. The highest BCUT2D eigenvalue weighted by atomic mass is 35.5. The molecule has 4 aromatic carbocycles. The van der Waals surface area contributed by atoms with E-state index in [1.54, 1.807) is 55.6 Å². The zero-order valence-electron chi connectivity index (χ0n) is 23.0. The predicted octanol–water partition coefficient (Wildman–Crippen LogP) is 6.59. The number of rotatable bonds is 5. The lowest BCUT2D eigenvalue weighted by Crippen LogP contribution is -2.51. The third-order valence-corrected chi connectivity index (χ3v) is 9.19. The van der Waals surface area contributed by atoms with E-state index in [1.165, 1.54) is 0 Å². The molecule has 7 rings (SSSR count). The van der Waals surface area contributed by atoms with Gasteiger partial charge in [-0.3, -0.25) is 14.4 Å². The number of ether oxygens (including phenoxy) is 1. The van der Waals surface area contributed by atoms with Gasteiger partial charge in [-0.15, -0.1) is 0 Å². The van der Waals surface area contributed by atoms with Crippen molar-refractivity contribution < 1.29 is 19.1 Å². The Hall–Kier alpha value is -4.68. The fourth-order valence-corrected chi connectivity index (χ4v) is 7.23. The van der Waals surface area contributed by atoms with Crippen molar-refractivity contribution in [2.45, 2.75) is 24.4 Å². The number of fused-ring (bicyclic) bond motifs is 6. The molecule has 1 N–H and O–H groups in total. The average molecular weight is 575 g/mol. The van der Waals surface area contributed by atoms with Crippen LogP contribution >= 0.6 is 11.6 Å². The third kappa shape index (κ3) is 3.61. The van der Waals surface area contributed by atoms with Crippen molar-refractivity contribution in [1.82, 2.24) is 0 Å². The molecule has 1 spiro atoms. The van der Waals surface area contributed by atoms with Crippen LogP contribution in [0.2, 0.25) is 5.02 Å². The highest BCUT2D eigenvalue weighted by molar-refractivity contribution is 6.30. The highest BCUT2D eigenvalue weighted by Crippen LogP contribution is 2.58. The number of hydrogen-bond acceptors (Lipinski definition) is 5. The summed E-state index contributed by atoms with van der Waals surface area (Å²) in [4.78, 5) is 46.0. The maximum absolute atomic E-state index is 14.9. The number of nitrogens with one attached hydrogen (secondary N) is 1. The number of carbonyl (C=O) groups is 3. The summed E-state index contributed by atoms with van der Waals surface area (Å²) in [5.74, 6) is -1.26. The van der Waals surface area contributed by atoms with E-state index in [2.05, 4.69) is 5.32 Å². The van der Waals surface area contributed by atoms with Gasteiger partial charge in [0.2, 0.25) is 5.91 Å². The molecule has 4 unspecified atom stereocenters. The molecule has 208 valence electrons. The lowest BCUT2D eigenvalue weighted by atomic mass is 9.64. The molecule has 1 fully saturated rings. The van der Waals surface area contributed by atoms with Crippen molar-refractivity contribution >= 4 is 46.0 Å². The molecule has 42 heavy (non-hydrogen) atoms. The predicted molar refractivity (Wildman–Crippen MR) is 163 cm³/mol. The molecule has 1 amide bonds. The van der Waals surface area contributed by atoms with E-state index in [1.807, 2.05) is 66.4 Å². The summed E-state index contributed by atoms with van der Waals surface area (Å²) in [5, 5.41) is 3.57. The van der Waals surface area contributed by atoms with Crippen molar-refractivity contribution in [2.75, 3.05) is 17.3 Å². The minimum atomic E-state index is -1.37. The molecular formula is C35H27ClN2O4. The van der Waals surface area contributed by atoms with Crippen LogP contribution < -0.4 is 15.0 Å². The first-order valence-electron chi connectivity index (χ1n) is 13.8. The fraction of sp³-hybridized carbons (Fsp3) is 0.171. The minimum absolute atomic E-state index is 0.250. The van der Waals surface area contributed by atoms with Crippen LogP contribution in [0.1, 0.15) is 38.8 Å². The number of ketones is 2. The number of halogens is 1. The Balaban J connectivity index is 1.54. The summed E-state index contributed by atoms with van der Waals surface area (Å²) in [7, 11) is 1.56. The van der Waals surface area contributed by atoms with Crippen LogP contribution in [0.25, 0.3) is 5.57 Å². The number of allylic oxidation sites excluding steroid dienone is 1. The number of Topliss-reactive ketones (excluding diaryl/α,β-unsaturated/α-hetero) is 2. The van der Waals surface area contributed by atoms with E-state index < -0.39 is 23.4 Å². The van der Waals surface area contributed by atoms with Crippen LogP contribution in [0.5, 0.6) is 5.75 Å². The normalized spacial score (nSPS) is 23.5. The molecule has 0 aromatic heterocycles. The van der Waals surface area contributed by atoms with E-state index in [4.69, 9.17) is 16.3 Å². The van der Waals surface area contributed by atoms with Crippen LogP contribution in [-0.4, -0.2) is 36.7 Å². The average Bonchev–Trinajstić information content (AvgIpc) is 3.49. The van der Waals surface area contributed by atoms with E-state index in [-0.39, 0.29) is 17.5 Å². The first kappa shape index (κ1) is 26.2. The Bertz CT molecular complexity index is 1800. The fourth-order valence-electron chi connectivity index (χ4n) is 7.11. The Kier molecular flexibility index (Phi) is 6.06. The van der Waals surface area contributed by atoms with Crippen molar-refractivity contribution in [3.05, 3.63) is 130 Å². The smallest absolute Gasteiger partial charge is 0.238 e. The molecule has 1 saturated heterocycles. The monoisotopic (exact) mass is 574 g/mol. The van der Waals surface area contributed by atoms with Crippen LogP contribution in [0, 0.1) is 5.92 Å². The van der Waals surface area contributed by atoms with Gasteiger partial charge in [0.25, 0.3) is 0 Å². The summed E-state index contributed by atoms with van der Waals surface area (Å²) < 4.78 is 5.33. The number of nitrogens with zero attached hydrogens (tertiary/aromatic N) is 1. The first-order chi connectivity index (χ1) is 20.4. The van der Waals surface area contributed by atoms with Crippen LogP contribution in [0.4, 0.5) is 11.4 Å². The number of amides is 1. The van der Waals surface area contributed by atoms with Crippen molar-refractivity contribution in [3.63, 3.8) is 0 Å².